The molecule has 0 bridgehead atoms. The minimum Gasteiger partial charge on any atom is -0.507 e. The number of aryl methyl sites for hydroxylation is 1. The van der Waals surface area contributed by atoms with Gasteiger partial charge in [0.25, 0.3) is 0 Å². The number of phenols is 1. The van der Waals surface area contributed by atoms with Gasteiger partial charge in [-0.1, -0.05) is 15.9 Å². The van der Waals surface area contributed by atoms with Crippen LogP contribution in [0.5, 0.6) is 5.75 Å². The van der Waals surface area contributed by atoms with Crippen molar-refractivity contribution in [2.45, 2.75) is 26.7 Å². The molecule has 2 nitrogen and oxygen atoms in total. The van der Waals surface area contributed by atoms with Crippen LogP contribution in [0.2, 0.25) is 0 Å². The average molecular weight is 258 g/mol. The highest BCUT2D eigenvalue weighted by Gasteiger charge is 2.10. The highest BCUT2D eigenvalue weighted by molar-refractivity contribution is 9.10. The van der Waals surface area contributed by atoms with E-state index in [-0.39, 0.29) is 0 Å². The van der Waals surface area contributed by atoms with Gasteiger partial charge in [-0.2, -0.15) is 0 Å². The smallest absolute Gasteiger partial charge is 0.121 e. The van der Waals surface area contributed by atoms with Gasteiger partial charge < -0.3 is 10.8 Å². The summed E-state index contributed by atoms with van der Waals surface area (Å²) in [6.07, 6.45) is 1.86. The molecule has 0 spiro atoms. The molecule has 0 fully saturated rings. The molecule has 0 aliphatic heterocycles. The lowest BCUT2D eigenvalue weighted by atomic mass is 10.0. The number of aromatic hydroxyl groups is 1. The number of nitrogens with two attached hydrogens (primary N) is 1. The molecule has 0 aliphatic carbocycles. The summed E-state index contributed by atoms with van der Waals surface area (Å²) in [6.45, 7) is 4.53. The number of halogens is 1. The van der Waals surface area contributed by atoms with Gasteiger partial charge in [0.15, 0.2) is 0 Å². The maximum absolute atomic E-state index is 9.76. The Hall–Kier alpha value is -0.540. The van der Waals surface area contributed by atoms with Gasteiger partial charge in [-0.05, 0) is 56.0 Å². The summed E-state index contributed by atoms with van der Waals surface area (Å²) in [7, 11) is 0. The quantitative estimate of drug-likeness (QED) is 0.875. The van der Waals surface area contributed by atoms with Crippen molar-refractivity contribution >= 4 is 15.9 Å². The predicted octanol–water partition coefficient (Wildman–Crippen LogP) is 2.66. The number of rotatable bonds is 3. The van der Waals surface area contributed by atoms with Gasteiger partial charge in [0.05, 0.1) is 0 Å². The van der Waals surface area contributed by atoms with Crippen LogP contribution in [0.4, 0.5) is 0 Å². The molecule has 0 saturated heterocycles. The second kappa shape index (κ2) is 4.80. The van der Waals surface area contributed by atoms with Gasteiger partial charge in [-0.25, -0.2) is 0 Å². The maximum atomic E-state index is 9.76. The third kappa shape index (κ3) is 2.28. The van der Waals surface area contributed by atoms with E-state index in [0.717, 1.165) is 28.4 Å². The SMILES string of the molecule is Cc1cc(Br)c(CCCN)c(C)c1O. The van der Waals surface area contributed by atoms with Crippen molar-refractivity contribution in [3.8, 4) is 5.75 Å². The minimum atomic E-state index is 0.403. The Labute approximate surface area is 93.3 Å². The lowest BCUT2D eigenvalue weighted by molar-refractivity contribution is 0.465. The fourth-order valence-corrected chi connectivity index (χ4v) is 2.39. The second-order valence-electron chi connectivity index (χ2n) is 3.52. The summed E-state index contributed by atoms with van der Waals surface area (Å²) in [6, 6.07) is 1.95. The summed E-state index contributed by atoms with van der Waals surface area (Å²) in [5.41, 5.74) is 8.50. The second-order valence-corrected chi connectivity index (χ2v) is 4.37. The molecule has 0 amide bonds. The van der Waals surface area contributed by atoms with E-state index in [1.165, 1.54) is 5.56 Å². The highest BCUT2D eigenvalue weighted by atomic mass is 79.9. The van der Waals surface area contributed by atoms with Crippen LogP contribution < -0.4 is 5.73 Å². The molecule has 3 N–H and O–H groups in total. The van der Waals surface area contributed by atoms with Gasteiger partial charge in [-0.15, -0.1) is 0 Å². The van der Waals surface area contributed by atoms with Crippen molar-refractivity contribution in [3.63, 3.8) is 0 Å². The van der Waals surface area contributed by atoms with Crippen LogP contribution in [0.1, 0.15) is 23.1 Å². The number of phenolic OH excluding ortho intramolecular Hbond substituents is 1. The zero-order chi connectivity index (χ0) is 10.7. The third-order valence-electron chi connectivity index (χ3n) is 2.44. The van der Waals surface area contributed by atoms with Crippen LogP contribution in [-0.4, -0.2) is 11.7 Å². The van der Waals surface area contributed by atoms with Gasteiger partial charge in [-0.3, -0.25) is 0 Å². The van der Waals surface area contributed by atoms with Crippen LogP contribution in [0, 0.1) is 13.8 Å². The summed E-state index contributed by atoms with van der Waals surface area (Å²) < 4.78 is 1.07. The van der Waals surface area contributed by atoms with Crippen LogP contribution in [0.3, 0.4) is 0 Å². The number of hydrogen-bond donors (Lipinski definition) is 2. The lowest BCUT2D eigenvalue weighted by Crippen LogP contribution is -2.02. The first-order valence-electron chi connectivity index (χ1n) is 4.75. The van der Waals surface area contributed by atoms with E-state index in [0.29, 0.717) is 12.3 Å². The first-order chi connectivity index (χ1) is 6.57. The van der Waals surface area contributed by atoms with Gasteiger partial charge >= 0.3 is 0 Å². The van der Waals surface area contributed by atoms with E-state index in [1.807, 2.05) is 19.9 Å². The highest BCUT2D eigenvalue weighted by Crippen LogP contribution is 2.31. The maximum Gasteiger partial charge on any atom is 0.121 e. The zero-order valence-corrected chi connectivity index (χ0v) is 10.2. The first-order valence-corrected chi connectivity index (χ1v) is 5.54. The minimum absolute atomic E-state index is 0.403. The Morgan fingerprint density at radius 1 is 1.43 bits per heavy atom. The van der Waals surface area contributed by atoms with Crippen molar-refractivity contribution in [2.75, 3.05) is 6.54 Å². The summed E-state index contributed by atoms with van der Waals surface area (Å²) in [4.78, 5) is 0. The van der Waals surface area contributed by atoms with Crippen LogP contribution >= 0.6 is 15.9 Å². The Bertz CT molecular complexity index is 337. The summed E-state index contributed by atoms with van der Waals surface area (Å²) >= 11 is 3.51. The van der Waals surface area contributed by atoms with E-state index < -0.39 is 0 Å². The molecule has 78 valence electrons. The molecule has 1 rings (SSSR count). The summed E-state index contributed by atoms with van der Waals surface area (Å²) in [5.74, 6) is 0.403. The first kappa shape index (κ1) is 11.5. The Kier molecular flexibility index (Phi) is 3.96. The van der Waals surface area contributed by atoms with Crippen molar-refractivity contribution in [1.82, 2.24) is 0 Å². The van der Waals surface area contributed by atoms with Crippen LogP contribution in [-0.2, 0) is 6.42 Å². The molecule has 0 radical (unpaired) electrons. The molecule has 0 saturated carbocycles. The normalized spacial score (nSPS) is 10.6. The van der Waals surface area contributed by atoms with Crippen molar-refractivity contribution in [3.05, 3.63) is 27.2 Å². The van der Waals surface area contributed by atoms with Crippen molar-refractivity contribution < 1.29 is 5.11 Å². The summed E-state index contributed by atoms with van der Waals surface area (Å²) in [5, 5.41) is 9.76. The fourth-order valence-electron chi connectivity index (χ4n) is 1.55. The molecule has 1 aromatic rings. The van der Waals surface area contributed by atoms with E-state index >= 15 is 0 Å². The largest absolute Gasteiger partial charge is 0.507 e. The molecular formula is C11H16BrNO. The van der Waals surface area contributed by atoms with Crippen LogP contribution in [0.15, 0.2) is 10.5 Å². The average Bonchev–Trinajstić information content (AvgIpc) is 2.14. The Morgan fingerprint density at radius 2 is 2.07 bits per heavy atom. The van der Waals surface area contributed by atoms with E-state index in [4.69, 9.17) is 5.73 Å². The third-order valence-corrected chi connectivity index (χ3v) is 3.15. The topological polar surface area (TPSA) is 46.2 Å². The van der Waals surface area contributed by atoms with Crippen molar-refractivity contribution in [1.29, 1.82) is 0 Å². The van der Waals surface area contributed by atoms with E-state index in [2.05, 4.69) is 15.9 Å². The van der Waals surface area contributed by atoms with Gasteiger partial charge in [0.1, 0.15) is 5.75 Å². The van der Waals surface area contributed by atoms with Crippen LogP contribution in [0.25, 0.3) is 0 Å². The lowest BCUT2D eigenvalue weighted by Gasteiger charge is -2.12. The zero-order valence-electron chi connectivity index (χ0n) is 8.60. The molecule has 3 heteroatoms. The Balaban J connectivity index is 3.09. The molecule has 1 aromatic carbocycles. The van der Waals surface area contributed by atoms with Gasteiger partial charge in [0.2, 0.25) is 0 Å². The standard InChI is InChI=1S/C11H16BrNO/c1-7-6-10(12)9(4-3-5-13)8(2)11(7)14/h6,14H,3-5,13H2,1-2H3. The fraction of sp³-hybridized carbons (Fsp3) is 0.455. The Morgan fingerprint density at radius 3 is 2.64 bits per heavy atom. The molecule has 0 heterocycles. The molecule has 0 aromatic heterocycles. The molecule has 0 aliphatic rings. The molecular weight excluding hydrogens is 242 g/mol. The molecule has 14 heavy (non-hydrogen) atoms. The van der Waals surface area contributed by atoms with E-state index in [9.17, 15) is 5.11 Å². The predicted molar refractivity (Wildman–Crippen MR) is 62.7 cm³/mol. The van der Waals surface area contributed by atoms with Crippen molar-refractivity contribution in [2.24, 2.45) is 5.73 Å². The molecule has 0 unspecified atom stereocenters. The number of benzene rings is 1. The monoisotopic (exact) mass is 257 g/mol. The van der Waals surface area contributed by atoms with Gasteiger partial charge in [0, 0.05) is 4.47 Å². The van der Waals surface area contributed by atoms with E-state index in [1.54, 1.807) is 0 Å². The molecule has 0 atom stereocenters. The number of hydrogen-bond acceptors (Lipinski definition) is 2.